The van der Waals surface area contributed by atoms with E-state index in [9.17, 15) is 17.6 Å². The average Bonchev–Trinajstić information content (AvgIpc) is 2.29. The van der Waals surface area contributed by atoms with Crippen molar-refractivity contribution in [2.24, 2.45) is 0 Å². The maximum atomic E-state index is 13.3. The number of halogens is 2. The van der Waals surface area contributed by atoms with E-state index in [4.69, 9.17) is 5.11 Å². The Morgan fingerprint density at radius 1 is 1.50 bits per heavy atom. The van der Waals surface area contributed by atoms with Crippen LogP contribution in [0.2, 0.25) is 0 Å². The van der Waals surface area contributed by atoms with Gasteiger partial charge in [0.05, 0.1) is 15.8 Å². The predicted molar refractivity (Wildman–Crippen MR) is 66.2 cm³/mol. The molecular weight excluding hydrogens is 329 g/mol. The van der Waals surface area contributed by atoms with E-state index in [-0.39, 0.29) is 22.3 Å². The lowest BCUT2D eigenvalue weighted by molar-refractivity contribution is -0.137. The van der Waals surface area contributed by atoms with Gasteiger partial charge in [0.25, 0.3) is 0 Å². The second-order valence-electron chi connectivity index (χ2n) is 3.55. The molecule has 5 nitrogen and oxygen atoms in total. The summed E-state index contributed by atoms with van der Waals surface area (Å²) in [4.78, 5) is 10.2. The number of sulfonamides is 1. The number of hydrogen-bond donors (Lipinski definition) is 1. The Hall–Kier alpha value is -0.990. The van der Waals surface area contributed by atoms with Crippen LogP contribution in [0.25, 0.3) is 0 Å². The van der Waals surface area contributed by atoms with Crippen molar-refractivity contribution in [2.75, 3.05) is 13.6 Å². The van der Waals surface area contributed by atoms with Crippen LogP contribution in [0.4, 0.5) is 4.39 Å². The van der Waals surface area contributed by atoms with Crippen molar-refractivity contribution in [3.05, 3.63) is 28.5 Å². The third-order valence-electron chi connectivity index (χ3n) is 2.24. The number of carboxylic acids is 1. The van der Waals surface area contributed by atoms with Crippen LogP contribution in [0.5, 0.6) is 0 Å². The summed E-state index contributed by atoms with van der Waals surface area (Å²) in [6.45, 7) is -0.171. The summed E-state index contributed by atoms with van der Waals surface area (Å²) in [5.74, 6) is -1.79. The lowest BCUT2D eigenvalue weighted by Crippen LogP contribution is -2.29. The van der Waals surface area contributed by atoms with Crippen molar-refractivity contribution in [1.29, 1.82) is 0 Å². The molecule has 0 fully saturated rings. The van der Waals surface area contributed by atoms with E-state index in [1.165, 1.54) is 19.2 Å². The van der Waals surface area contributed by atoms with Gasteiger partial charge in [0.15, 0.2) is 0 Å². The van der Waals surface area contributed by atoms with Crippen molar-refractivity contribution in [3.8, 4) is 0 Å². The molecule has 1 aromatic carbocycles. The lowest BCUT2D eigenvalue weighted by atomic mass is 10.3. The van der Waals surface area contributed by atoms with Crippen molar-refractivity contribution < 1.29 is 22.7 Å². The predicted octanol–water partition coefficient (Wildman–Crippen LogP) is 1.68. The van der Waals surface area contributed by atoms with Crippen molar-refractivity contribution >= 4 is 31.9 Å². The van der Waals surface area contributed by atoms with Gasteiger partial charge < -0.3 is 5.11 Å². The number of benzene rings is 1. The van der Waals surface area contributed by atoms with Gasteiger partial charge in [0.2, 0.25) is 10.0 Å². The quantitative estimate of drug-likeness (QED) is 0.885. The summed E-state index contributed by atoms with van der Waals surface area (Å²) in [5, 5.41) is 8.49. The van der Waals surface area contributed by atoms with Gasteiger partial charge in [-0.2, -0.15) is 0 Å². The first-order valence-electron chi connectivity index (χ1n) is 4.88. The second-order valence-corrected chi connectivity index (χ2v) is 6.45. The first-order valence-corrected chi connectivity index (χ1v) is 7.11. The number of carbonyl (C=O) groups is 1. The summed E-state index contributed by atoms with van der Waals surface area (Å²) in [5.41, 5.74) is 0. The number of carboxylic acid groups (broad SMARTS) is 1. The first-order chi connectivity index (χ1) is 8.25. The third kappa shape index (κ3) is 3.50. The maximum Gasteiger partial charge on any atom is 0.304 e. The van der Waals surface area contributed by atoms with Gasteiger partial charge in [-0.15, -0.1) is 0 Å². The molecule has 0 bridgehead atoms. The lowest BCUT2D eigenvalue weighted by Gasteiger charge is -2.16. The molecule has 100 valence electrons. The molecule has 1 aromatic rings. The molecule has 8 heteroatoms. The molecule has 0 aliphatic rings. The molecule has 0 atom stereocenters. The van der Waals surface area contributed by atoms with Gasteiger partial charge in [-0.25, -0.2) is 17.1 Å². The van der Waals surface area contributed by atoms with E-state index >= 15 is 0 Å². The van der Waals surface area contributed by atoms with E-state index in [0.717, 1.165) is 10.4 Å². The largest absolute Gasteiger partial charge is 0.481 e. The van der Waals surface area contributed by atoms with E-state index in [1.807, 2.05) is 0 Å². The zero-order chi connectivity index (χ0) is 13.9. The molecule has 0 unspecified atom stereocenters. The minimum atomic E-state index is -3.86. The van der Waals surface area contributed by atoms with Crippen LogP contribution in [0.3, 0.4) is 0 Å². The first kappa shape index (κ1) is 15.1. The molecule has 1 N–H and O–H groups in total. The smallest absolute Gasteiger partial charge is 0.304 e. The highest BCUT2D eigenvalue weighted by atomic mass is 79.9. The zero-order valence-corrected chi connectivity index (χ0v) is 11.8. The topological polar surface area (TPSA) is 74.7 Å². The van der Waals surface area contributed by atoms with Crippen molar-refractivity contribution in [2.45, 2.75) is 11.3 Å². The molecule has 0 aliphatic carbocycles. The Morgan fingerprint density at radius 2 is 2.11 bits per heavy atom. The van der Waals surface area contributed by atoms with Crippen LogP contribution in [0.15, 0.2) is 27.6 Å². The summed E-state index contributed by atoms with van der Waals surface area (Å²) < 4.78 is 38.2. The van der Waals surface area contributed by atoms with E-state index < -0.39 is 21.8 Å². The Kier molecular flexibility index (Phi) is 4.83. The van der Waals surface area contributed by atoms with Crippen LogP contribution >= 0.6 is 15.9 Å². The fourth-order valence-corrected chi connectivity index (χ4v) is 2.62. The number of nitrogens with zero attached hydrogens (tertiary/aromatic N) is 1. The van der Waals surface area contributed by atoms with Crippen molar-refractivity contribution in [3.63, 3.8) is 0 Å². The van der Waals surface area contributed by atoms with Crippen LogP contribution in [0, 0.1) is 5.82 Å². The molecule has 1 rings (SSSR count). The molecule has 0 saturated carbocycles. The zero-order valence-electron chi connectivity index (χ0n) is 9.43. The molecule has 0 amide bonds. The molecule has 0 saturated heterocycles. The molecular formula is C10H11BrFNO4S. The number of aliphatic carboxylic acids is 1. The highest BCUT2D eigenvalue weighted by Crippen LogP contribution is 2.21. The Bertz CT molecular complexity index is 561. The standard InChI is InChI=1S/C10H11BrFNO4S/c1-13(5-4-10(14)15)18(16,17)7-2-3-8(11)9(12)6-7/h2-3,6H,4-5H2,1H3,(H,14,15). The third-order valence-corrected chi connectivity index (χ3v) is 4.74. The van der Waals surface area contributed by atoms with Crippen LogP contribution in [-0.4, -0.2) is 37.4 Å². The fourth-order valence-electron chi connectivity index (χ4n) is 1.19. The SMILES string of the molecule is CN(CCC(=O)O)S(=O)(=O)c1ccc(Br)c(F)c1. The Balaban J connectivity index is 2.98. The summed E-state index contributed by atoms with van der Waals surface area (Å²) in [6.07, 6.45) is -0.311. The highest BCUT2D eigenvalue weighted by Gasteiger charge is 2.22. The number of hydrogen-bond acceptors (Lipinski definition) is 3. The molecule has 0 aromatic heterocycles. The van der Waals surface area contributed by atoms with Crippen molar-refractivity contribution in [1.82, 2.24) is 4.31 Å². The Labute approximate surface area is 112 Å². The summed E-state index contributed by atoms with van der Waals surface area (Å²) in [7, 11) is -2.62. The molecule has 0 radical (unpaired) electrons. The monoisotopic (exact) mass is 339 g/mol. The minimum Gasteiger partial charge on any atom is -0.481 e. The number of rotatable bonds is 5. The normalized spacial score (nSPS) is 11.8. The Morgan fingerprint density at radius 3 is 2.61 bits per heavy atom. The summed E-state index contributed by atoms with van der Waals surface area (Å²) in [6, 6.07) is 3.42. The molecule has 0 aliphatic heterocycles. The molecule has 0 heterocycles. The summed E-state index contributed by atoms with van der Waals surface area (Å²) >= 11 is 2.92. The van der Waals surface area contributed by atoms with Gasteiger partial charge in [0, 0.05) is 13.6 Å². The van der Waals surface area contributed by atoms with Crippen LogP contribution in [0.1, 0.15) is 6.42 Å². The molecule has 0 spiro atoms. The van der Waals surface area contributed by atoms with Gasteiger partial charge in [0.1, 0.15) is 5.82 Å². The highest BCUT2D eigenvalue weighted by molar-refractivity contribution is 9.10. The van der Waals surface area contributed by atoms with E-state index in [2.05, 4.69) is 15.9 Å². The van der Waals surface area contributed by atoms with Gasteiger partial charge in [-0.1, -0.05) is 0 Å². The van der Waals surface area contributed by atoms with Crippen LogP contribution in [-0.2, 0) is 14.8 Å². The van der Waals surface area contributed by atoms with Gasteiger partial charge in [-0.05, 0) is 34.1 Å². The average molecular weight is 340 g/mol. The van der Waals surface area contributed by atoms with E-state index in [1.54, 1.807) is 0 Å². The second kappa shape index (κ2) is 5.77. The maximum absolute atomic E-state index is 13.3. The van der Waals surface area contributed by atoms with E-state index in [0.29, 0.717) is 0 Å². The molecule has 18 heavy (non-hydrogen) atoms. The van der Waals surface area contributed by atoms with Crippen LogP contribution < -0.4 is 0 Å². The van der Waals surface area contributed by atoms with Gasteiger partial charge >= 0.3 is 5.97 Å². The minimum absolute atomic E-state index is 0.162. The fraction of sp³-hybridized carbons (Fsp3) is 0.300. The van der Waals surface area contributed by atoms with Gasteiger partial charge in [-0.3, -0.25) is 4.79 Å².